The fourth-order valence-corrected chi connectivity index (χ4v) is 1.77. The van der Waals surface area contributed by atoms with E-state index in [1.54, 1.807) is 0 Å². The summed E-state index contributed by atoms with van der Waals surface area (Å²) in [5.41, 5.74) is 3.08. The molecule has 0 aliphatic heterocycles. The maximum Gasteiger partial charge on any atom is 0.237 e. The monoisotopic (exact) mass is 266 g/mol. The highest BCUT2D eigenvalue weighted by Crippen LogP contribution is 2.26. The van der Waals surface area contributed by atoms with Crippen LogP contribution in [0.4, 0.5) is 8.78 Å². The Morgan fingerprint density at radius 2 is 1.79 bits per heavy atom. The molecular formula is C12H12F2N4O. The number of ether oxygens (including phenoxy) is 1. The molecule has 1 atom stereocenters. The third-order valence-corrected chi connectivity index (χ3v) is 2.54. The summed E-state index contributed by atoms with van der Waals surface area (Å²) in [5.74, 6) is 4.28. The summed E-state index contributed by atoms with van der Waals surface area (Å²) in [5, 5.41) is 0. The average molecular weight is 266 g/mol. The molecule has 1 heterocycles. The zero-order chi connectivity index (χ0) is 13.8. The predicted molar refractivity (Wildman–Crippen MR) is 64.1 cm³/mol. The zero-order valence-corrected chi connectivity index (χ0v) is 10.1. The van der Waals surface area contributed by atoms with Gasteiger partial charge in [-0.2, -0.15) is 0 Å². The Labute approximate surface area is 108 Å². The van der Waals surface area contributed by atoms with Crippen molar-refractivity contribution in [2.45, 2.75) is 6.04 Å². The number of rotatable bonds is 4. The molecule has 0 aliphatic rings. The van der Waals surface area contributed by atoms with E-state index in [2.05, 4.69) is 15.4 Å². The van der Waals surface area contributed by atoms with E-state index in [9.17, 15) is 8.78 Å². The molecule has 0 saturated heterocycles. The van der Waals surface area contributed by atoms with E-state index >= 15 is 0 Å². The Morgan fingerprint density at radius 3 is 2.37 bits per heavy atom. The molecule has 0 fully saturated rings. The van der Waals surface area contributed by atoms with Crippen LogP contribution in [0, 0.1) is 11.6 Å². The average Bonchev–Trinajstić information content (AvgIpc) is 2.39. The third-order valence-electron chi connectivity index (χ3n) is 2.54. The molecule has 1 aromatic carbocycles. The molecule has 0 spiro atoms. The number of aromatic nitrogens is 2. The molecule has 1 unspecified atom stereocenters. The van der Waals surface area contributed by atoms with Gasteiger partial charge in [0.1, 0.15) is 17.3 Å². The van der Waals surface area contributed by atoms with Crippen molar-refractivity contribution in [2.75, 3.05) is 7.11 Å². The van der Waals surface area contributed by atoms with Crippen LogP contribution in [0.2, 0.25) is 0 Å². The minimum Gasteiger partial charge on any atom is -0.480 e. The van der Waals surface area contributed by atoms with Crippen LogP contribution in [0.25, 0.3) is 0 Å². The standard InChI is InChI=1S/C12H12F2N4O/c1-19-12-11(16-2-3-17-12)10(18-15)7-4-8(13)6-9(14)5-7/h2-6,10,18H,15H2,1H3. The second-order valence-electron chi connectivity index (χ2n) is 3.75. The van der Waals surface area contributed by atoms with Gasteiger partial charge in [-0.25, -0.2) is 19.2 Å². The van der Waals surface area contributed by atoms with E-state index in [4.69, 9.17) is 10.6 Å². The second kappa shape index (κ2) is 5.68. The van der Waals surface area contributed by atoms with Crippen LogP contribution in [0.1, 0.15) is 17.3 Å². The lowest BCUT2D eigenvalue weighted by Gasteiger charge is -2.17. The molecule has 19 heavy (non-hydrogen) atoms. The minimum absolute atomic E-state index is 0.232. The quantitative estimate of drug-likeness (QED) is 0.645. The van der Waals surface area contributed by atoms with Crippen molar-refractivity contribution >= 4 is 0 Å². The van der Waals surface area contributed by atoms with Gasteiger partial charge >= 0.3 is 0 Å². The summed E-state index contributed by atoms with van der Waals surface area (Å²) in [6.07, 6.45) is 2.89. The molecule has 0 aliphatic carbocycles. The fourth-order valence-electron chi connectivity index (χ4n) is 1.77. The third kappa shape index (κ3) is 2.83. The summed E-state index contributed by atoms with van der Waals surface area (Å²) >= 11 is 0. The molecule has 0 radical (unpaired) electrons. The summed E-state index contributed by atoms with van der Waals surface area (Å²) in [7, 11) is 1.42. The van der Waals surface area contributed by atoms with Gasteiger partial charge in [0.2, 0.25) is 5.88 Å². The van der Waals surface area contributed by atoms with Crippen molar-refractivity contribution in [3.05, 3.63) is 53.5 Å². The molecule has 5 nitrogen and oxygen atoms in total. The number of methoxy groups -OCH3 is 1. The molecule has 1 aromatic heterocycles. The smallest absolute Gasteiger partial charge is 0.237 e. The van der Waals surface area contributed by atoms with E-state index < -0.39 is 17.7 Å². The largest absolute Gasteiger partial charge is 0.480 e. The Hall–Kier alpha value is -2.12. The Kier molecular flexibility index (Phi) is 3.98. The molecule has 0 bridgehead atoms. The molecular weight excluding hydrogens is 254 g/mol. The minimum atomic E-state index is -0.728. The SMILES string of the molecule is COc1nccnc1C(NN)c1cc(F)cc(F)c1. The first-order valence-electron chi connectivity index (χ1n) is 5.42. The van der Waals surface area contributed by atoms with E-state index in [0.717, 1.165) is 6.07 Å². The predicted octanol–water partition coefficient (Wildman–Crippen LogP) is 1.32. The van der Waals surface area contributed by atoms with Gasteiger partial charge in [0.15, 0.2) is 0 Å². The summed E-state index contributed by atoms with van der Waals surface area (Å²) in [4.78, 5) is 8.05. The highest BCUT2D eigenvalue weighted by molar-refractivity contribution is 5.33. The van der Waals surface area contributed by atoms with E-state index in [1.165, 1.54) is 31.6 Å². The van der Waals surface area contributed by atoms with Gasteiger partial charge in [-0.3, -0.25) is 10.8 Å². The van der Waals surface area contributed by atoms with Crippen LogP contribution in [-0.2, 0) is 0 Å². The van der Waals surface area contributed by atoms with Gasteiger partial charge in [0.25, 0.3) is 0 Å². The number of nitrogens with zero attached hydrogens (tertiary/aromatic N) is 2. The van der Waals surface area contributed by atoms with E-state index in [-0.39, 0.29) is 5.88 Å². The van der Waals surface area contributed by atoms with Crippen LogP contribution < -0.4 is 16.0 Å². The number of halogens is 2. The normalized spacial score (nSPS) is 12.2. The van der Waals surface area contributed by atoms with Crippen molar-refractivity contribution in [3.8, 4) is 5.88 Å². The maximum atomic E-state index is 13.2. The van der Waals surface area contributed by atoms with Crippen LogP contribution in [0.15, 0.2) is 30.6 Å². The van der Waals surface area contributed by atoms with Crippen molar-refractivity contribution in [1.29, 1.82) is 0 Å². The maximum absolute atomic E-state index is 13.2. The van der Waals surface area contributed by atoms with Crippen molar-refractivity contribution in [3.63, 3.8) is 0 Å². The Morgan fingerprint density at radius 1 is 1.16 bits per heavy atom. The summed E-state index contributed by atoms with van der Waals surface area (Å²) in [6.45, 7) is 0. The lowest BCUT2D eigenvalue weighted by molar-refractivity contribution is 0.382. The number of nitrogens with one attached hydrogen (secondary N) is 1. The Bertz CT molecular complexity index is 559. The molecule has 2 aromatic rings. The van der Waals surface area contributed by atoms with Crippen molar-refractivity contribution in [1.82, 2.24) is 15.4 Å². The molecule has 100 valence electrons. The molecule has 3 N–H and O–H groups in total. The number of hydrogen-bond acceptors (Lipinski definition) is 5. The van der Waals surface area contributed by atoms with E-state index in [1.807, 2.05) is 0 Å². The fraction of sp³-hybridized carbons (Fsp3) is 0.167. The van der Waals surface area contributed by atoms with Crippen LogP contribution in [0.5, 0.6) is 5.88 Å². The highest BCUT2D eigenvalue weighted by Gasteiger charge is 2.20. The van der Waals surface area contributed by atoms with Gasteiger partial charge in [-0.1, -0.05) is 0 Å². The molecule has 7 heteroatoms. The molecule has 2 rings (SSSR count). The molecule has 0 amide bonds. The highest BCUT2D eigenvalue weighted by atomic mass is 19.1. The van der Waals surface area contributed by atoms with Crippen LogP contribution in [0.3, 0.4) is 0 Å². The number of hydrazine groups is 1. The van der Waals surface area contributed by atoms with Gasteiger partial charge in [0.05, 0.1) is 13.2 Å². The molecule has 0 saturated carbocycles. The van der Waals surface area contributed by atoms with Gasteiger partial charge in [0, 0.05) is 18.5 Å². The van der Waals surface area contributed by atoms with Gasteiger partial charge in [-0.15, -0.1) is 0 Å². The van der Waals surface area contributed by atoms with Crippen molar-refractivity contribution in [2.24, 2.45) is 5.84 Å². The van der Waals surface area contributed by atoms with E-state index in [0.29, 0.717) is 11.3 Å². The van der Waals surface area contributed by atoms with Crippen LogP contribution >= 0.6 is 0 Å². The summed E-state index contributed by atoms with van der Waals surface area (Å²) < 4.78 is 31.5. The Balaban J connectivity index is 2.49. The first-order valence-corrected chi connectivity index (χ1v) is 5.42. The topological polar surface area (TPSA) is 73.1 Å². The summed E-state index contributed by atoms with van der Waals surface area (Å²) in [6, 6.07) is 2.39. The first-order chi connectivity index (χ1) is 9.15. The first kappa shape index (κ1) is 13.3. The lowest BCUT2D eigenvalue weighted by atomic mass is 10.0. The zero-order valence-electron chi connectivity index (χ0n) is 10.1. The number of hydrogen-bond donors (Lipinski definition) is 2. The second-order valence-corrected chi connectivity index (χ2v) is 3.75. The van der Waals surface area contributed by atoms with Crippen molar-refractivity contribution < 1.29 is 13.5 Å². The van der Waals surface area contributed by atoms with Crippen LogP contribution in [-0.4, -0.2) is 17.1 Å². The lowest BCUT2D eigenvalue weighted by Crippen LogP contribution is -2.30. The van der Waals surface area contributed by atoms with Gasteiger partial charge < -0.3 is 4.74 Å². The number of nitrogens with two attached hydrogens (primary N) is 1. The van der Waals surface area contributed by atoms with Gasteiger partial charge in [-0.05, 0) is 17.7 Å². The number of benzene rings is 1.